The van der Waals surface area contributed by atoms with Crippen molar-refractivity contribution in [3.05, 3.63) is 34.4 Å². The zero-order valence-electron chi connectivity index (χ0n) is 13.0. The van der Waals surface area contributed by atoms with Crippen LogP contribution in [0, 0.1) is 19.8 Å². The molecule has 1 aromatic carbocycles. The minimum absolute atomic E-state index is 0.342. The average molecular weight is 259 g/mol. The molecule has 0 fully saturated rings. The minimum Gasteiger partial charge on any atom is -0.327 e. The fourth-order valence-corrected chi connectivity index (χ4v) is 3.65. The Morgan fingerprint density at radius 1 is 1.21 bits per heavy atom. The van der Waals surface area contributed by atoms with Crippen molar-refractivity contribution in [2.24, 2.45) is 11.7 Å². The van der Waals surface area contributed by atoms with Gasteiger partial charge in [-0.2, -0.15) is 0 Å². The summed E-state index contributed by atoms with van der Waals surface area (Å²) in [6, 6.07) is 5.00. The molecule has 0 aliphatic heterocycles. The third-order valence-corrected chi connectivity index (χ3v) is 4.51. The minimum atomic E-state index is 0.342. The van der Waals surface area contributed by atoms with E-state index in [9.17, 15) is 0 Å². The highest BCUT2D eigenvalue weighted by Gasteiger charge is 2.30. The molecular formula is C18H29N. The Morgan fingerprint density at radius 3 is 2.63 bits per heavy atom. The van der Waals surface area contributed by atoms with Crippen LogP contribution in [0.5, 0.6) is 0 Å². The first-order valence-electron chi connectivity index (χ1n) is 7.84. The summed E-state index contributed by atoms with van der Waals surface area (Å²) in [5, 5.41) is 0. The molecule has 1 aromatic rings. The number of unbranched alkanes of at least 4 members (excludes halogenated alkanes) is 1. The van der Waals surface area contributed by atoms with Gasteiger partial charge in [-0.1, -0.05) is 50.8 Å². The summed E-state index contributed by atoms with van der Waals surface area (Å²) in [6.07, 6.45) is 6.36. The van der Waals surface area contributed by atoms with Gasteiger partial charge in [-0.15, -0.1) is 0 Å². The highest BCUT2D eigenvalue weighted by atomic mass is 14.7. The van der Waals surface area contributed by atoms with Crippen molar-refractivity contribution in [3.63, 3.8) is 0 Å². The van der Waals surface area contributed by atoms with E-state index in [2.05, 4.69) is 39.8 Å². The van der Waals surface area contributed by atoms with E-state index in [1.807, 2.05) is 0 Å². The molecular weight excluding hydrogens is 230 g/mol. The zero-order chi connectivity index (χ0) is 14.0. The Hall–Kier alpha value is -0.820. The SMILES string of the molecule is Cc1cc(C)c2c(c1)CC(N)C2CCCCC(C)C. The Labute approximate surface area is 118 Å². The van der Waals surface area contributed by atoms with Crippen molar-refractivity contribution in [1.29, 1.82) is 0 Å². The van der Waals surface area contributed by atoms with Crippen molar-refractivity contribution in [2.45, 2.75) is 71.8 Å². The fourth-order valence-electron chi connectivity index (χ4n) is 3.65. The second-order valence-electron chi connectivity index (χ2n) is 6.81. The van der Waals surface area contributed by atoms with Gasteiger partial charge in [0.15, 0.2) is 0 Å². The third kappa shape index (κ3) is 3.39. The summed E-state index contributed by atoms with van der Waals surface area (Å²) in [7, 11) is 0. The molecule has 2 rings (SSSR count). The van der Waals surface area contributed by atoms with Crippen LogP contribution in [0.15, 0.2) is 12.1 Å². The molecule has 0 spiro atoms. The van der Waals surface area contributed by atoms with Gasteiger partial charge in [0.1, 0.15) is 0 Å². The Morgan fingerprint density at radius 2 is 1.95 bits per heavy atom. The summed E-state index contributed by atoms with van der Waals surface area (Å²) in [6.45, 7) is 9.06. The number of benzene rings is 1. The van der Waals surface area contributed by atoms with Crippen LogP contribution in [-0.2, 0) is 6.42 Å². The number of rotatable bonds is 5. The van der Waals surface area contributed by atoms with E-state index in [1.54, 1.807) is 5.56 Å². The van der Waals surface area contributed by atoms with E-state index in [1.165, 1.54) is 42.4 Å². The highest BCUT2D eigenvalue weighted by molar-refractivity contribution is 5.45. The van der Waals surface area contributed by atoms with E-state index in [0.29, 0.717) is 12.0 Å². The van der Waals surface area contributed by atoms with Crippen LogP contribution < -0.4 is 5.73 Å². The number of nitrogens with two attached hydrogens (primary N) is 1. The molecule has 0 amide bonds. The van der Waals surface area contributed by atoms with Gasteiger partial charge in [0, 0.05) is 6.04 Å². The summed E-state index contributed by atoms with van der Waals surface area (Å²) in [5.74, 6) is 1.43. The van der Waals surface area contributed by atoms with Gasteiger partial charge in [-0.3, -0.25) is 0 Å². The maximum atomic E-state index is 6.39. The van der Waals surface area contributed by atoms with Crippen LogP contribution in [-0.4, -0.2) is 6.04 Å². The van der Waals surface area contributed by atoms with Gasteiger partial charge in [-0.25, -0.2) is 0 Å². The normalized spacial score (nSPS) is 22.0. The van der Waals surface area contributed by atoms with Crippen molar-refractivity contribution >= 4 is 0 Å². The van der Waals surface area contributed by atoms with E-state index in [0.717, 1.165) is 12.3 Å². The topological polar surface area (TPSA) is 26.0 Å². The molecule has 1 heteroatoms. The molecule has 0 bridgehead atoms. The molecule has 1 aliphatic carbocycles. The summed E-state index contributed by atoms with van der Waals surface area (Å²) in [5.41, 5.74) is 12.3. The van der Waals surface area contributed by atoms with Gasteiger partial charge in [-0.05, 0) is 55.2 Å². The number of hydrogen-bond acceptors (Lipinski definition) is 1. The monoisotopic (exact) mass is 259 g/mol. The molecule has 2 unspecified atom stereocenters. The predicted octanol–water partition coefficient (Wildman–Crippen LogP) is 4.49. The second kappa shape index (κ2) is 6.09. The van der Waals surface area contributed by atoms with Crippen LogP contribution in [0.25, 0.3) is 0 Å². The average Bonchev–Trinajstić information content (AvgIpc) is 2.60. The van der Waals surface area contributed by atoms with Crippen molar-refractivity contribution in [3.8, 4) is 0 Å². The Bertz CT molecular complexity index is 434. The first-order valence-corrected chi connectivity index (χ1v) is 7.84. The molecule has 1 nitrogen and oxygen atoms in total. The molecule has 0 heterocycles. The van der Waals surface area contributed by atoms with E-state index in [-0.39, 0.29) is 0 Å². The molecule has 0 saturated carbocycles. The van der Waals surface area contributed by atoms with Crippen LogP contribution in [0.1, 0.15) is 67.7 Å². The lowest BCUT2D eigenvalue weighted by Crippen LogP contribution is -2.25. The predicted molar refractivity (Wildman–Crippen MR) is 83.6 cm³/mol. The smallest absolute Gasteiger partial charge is 0.0149 e. The van der Waals surface area contributed by atoms with Gasteiger partial charge in [0.05, 0.1) is 0 Å². The highest BCUT2D eigenvalue weighted by Crippen LogP contribution is 2.38. The summed E-state index contributed by atoms with van der Waals surface area (Å²) < 4.78 is 0. The molecule has 106 valence electrons. The number of hydrogen-bond donors (Lipinski definition) is 1. The molecule has 2 atom stereocenters. The maximum Gasteiger partial charge on any atom is 0.0149 e. The quantitative estimate of drug-likeness (QED) is 0.775. The fraction of sp³-hybridized carbons (Fsp3) is 0.667. The largest absolute Gasteiger partial charge is 0.327 e. The van der Waals surface area contributed by atoms with E-state index in [4.69, 9.17) is 5.73 Å². The molecule has 1 aliphatic rings. The Balaban J connectivity index is 2.03. The summed E-state index contributed by atoms with van der Waals surface area (Å²) in [4.78, 5) is 0. The van der Waals surface area contributed by atoms with Gasteiger partial charge in [0.25, 0.3) is 0 Å². The zero-order valence-corrected chi connectivity index (χ0v) is 13.0. The van der Waals surface area contributed by atoms with Crippen molar-refractivity contribution in [2.75, 3.05) is 0 Å². The molecule has 19 heavy (non-hydrogen) atoms. The standard InChI is InChI=1S/C18H29N/c1-12(2)7-5-6-8-16-17(19)11-15-10-13(3)9-14(4)18(15)16/h9-10,12,16-17H,5-8,11,19H2,1-4H3. The first kappa shape index (κ1) is 14.6. The summed E-state index contributed by atoms with van der Waals surface area (Å²) >= 11 is 0. The number of fused-ring (bicyclic) bond motifs is 1. The van der Waals surface area contributed by atoms with Crippen LogP contribution in [0.3, 0.4) is 0 Å². The first-order chi connectivity index (χ1) is 8.99. The van der Waals surface area contributed by atoms with Crippen LogP contribution in [0.2, 0.25) is 0 Å². The van der Waals surface area contributed by atoms with Gasteiger partial charge >= 0.3 is 0 Å². The lowest BCUT2D eigenvalue weighted by molar-refractivity contribution is 0.472. The van der Waals surface area contributed by atoms with Gasteiger partial charge in [0.2, 0.25) is 0 Å². The van der Waals surface area contributed by atoms with Gasteiger partial charge < -0.3 is 5.73 Å². The van der Waals surface area contributed by atoms with E-state index < -0.39 is 0 Å². The lowest BCUT2D eigenvalue weighted by Gasteiger charge is -2.19. The maximum absolute atomic E-state index is 6.39. The van der Waals surface area contributed by atoms with Crippen molar-refractivity contribution < 1.29 is 0 Å². The molecule has 0 radical (unpaired) electrons. The van der Waals surface area contributed by atoms with E-state index >= 15 is 0 Å². The molecule has 0 aromatic heterocycles. The van der Waals surface area contributed by atoms with Crippen molar-refractivity contribution in [1.82, 2.24) is 0 Å². The van der Waals surface area contributed by atoms with Crippen LogP contribution >= 0.6 is 0 Å². The number of aryl methyl sites for hydroxylation is 2. The lowest BCUT2D eigenvalue weighted by atomic mass is 9.89. The third-order valence-electron chi connectivity index (χ3n) is 4.51. The Kier molecular flexibility index (Phi) is 4.67. The van der Waals surface area contributed by atoms with Crippen LogP contribution in [0.4, 0.5) is 0 Å². The molecule has 2 N–H and O–H groups in total. The molecule has 0 saturated heterocycles. The second-order valence-corrected chi connectivity index (χ2v) is 6.81.